The Morgan fingerprint density at radius 3 is 2.81 bits per heavy atom. The van der Waals surface area contributed by atoms with E-state index in [1.165, 1.54) is 19.2 Å². The fourth-order valence-corrected chi connectivity index (χ4v) is 2.73. The molecule has 1 aliphatic carbocycles. The number of benzene rings is 1. The lowest BCUT2D eigenvalue weighted by molar-refractivity contribution is -0.142. The Bertz CT molecular complexity index is 546. The van der Waals surface area contributed by atoms with Crippen molar-refractivity contribution in [3.63, 3.8) is 0 Å². The summed E-state index contributed by atoms with van der Waals surface area (Å²) in [4.78, 5) is 23.0. The molecule has 0 heterocycles. The molecule has 0 bridgehead atoms. The second-order valence-corrected chi connectivity index (χ2v) is 5.19. The van der Waals surface area contributed by atoms with Crippen LogP contribution in [0.25, 0.3) is 0 Å². The van der Waals surface area contributed by atoms with Crippen LogP contribution < -0.4 is 10.1 Å². The first-order valence-corrected chi connectivity index (χ1v) is 6.87. The quantitative estimate of drug-likeness (QED) is 0.872. The Morgan fingerprint density at radius 2 is 2.19 bits per heavy atom. The van der Waals surface area contributed by atoms with Gasteiger partial charge in [-0.15, -0.1) is 0 Å². The van der Waals surface area contributed by atoms with E-state index in [2.05, 4.69) is 5.32 Å². The molecule has 0 aromatic heterocycles. The van der Waals surface area contributed by atoms with Crippen LogP contribution >= 0.6 is 0 Å². The molecule has 0 spiro atoms. The first-order valence-electron chi connectivity index (χ1n) is 6.87. The standard InChI is InChI=1S/C15H18FNO4/c1-21-10-5-6-12(13(16)7-10)14(18)17-8-9-3-2-4-11(9)15(19)20/h5-7,9,11H,2-4,8H2,1H3,(H,17,18)(H,19,20). The first-order chi connectivity index (χ1) is 10.0. The maximum Gasteiger partial charge on any atom is 0.306 e. The van der Waals surface area contributed by atoms with Crippen molar-refractivity contribution < 1.29 is 23.8 Å². The maximum atomic E-state index is 13.8. The molecule has 114 valence electrons. The van der Waals surface area contributed by atoms with Gasteiger partial charge in [-0.2, -0.15) is 0 Å². The molecule has 1 saturated carbocycles. The zero-order valence-corrected chi connectivity index (χ0v) is 11.8. The fourth-order valence-electron chi connectivity index (χ4n) is 2.73. The summed E-state index contributed by atoms with van der Waals surface area (Å²) in [5.41, 5.74) is -0.0688. The van der Waals surface area contributed by atoms with Gasteiger partial charge < -0.3 is 15.2 Å². The number of rotatable bonds is 5. The molecule has 5 nitrogen and oxygen atoms in total. The van der Waals surface area contributed by atoms with Crippen LogP contribution in [0.5, 0.6) is 5.75 Å². The molecular formula is C15H18FNO4. The Labute approximate surface area is 122 Å². The fraction of sp³-hybridized carbons (Fsp3) is 0.467. The number of halogens is 1. The van der Waals surface area contributed by atoms with E-state index in [4.69, 9.17) is 9.84 Å². The van der Waals surface area contributed by atoms with Gasteiger partial charge in [-0.3, -0.25) is 9.59 Å². The third-order valence-electron chi connectivity index (χ3n) is 3.92. The molecule has 1 aliphatic rings. The average molecular weight is 295 g/mol. The highest BCUT2D eigenvalue weighted by atomic mass is 19.1. The average Bonchev–Trinajstić information content (AvgIpc) is 2.93. The van der Waals surface area contributed by atoms with Crippen LogP contribution in [-0.2, 0) is 4.79 Å². The number of carbonyl (C=O) groups is 2. The first kappa shape index (κ1) is 15.3. The molecule has 1 fully saturated rings. The number of aliphatic carboxylic acids is 1. The molecule has 21 heavy (non-hydrogen) atoms. The van der Waals surface area contributed by atoms with E-state index >= 15 is 0 Å². The number of amides is 1. The van der Waals surface area contributed by atoms with Gasteiger partial charge in [-0.05, 0) is 30.9 Å². The molecule has 0 aliphatic heterocycles. The van der Waals surface area contributed by atoms with Gasteiger partial charge in [0.25, 0.3) is 5.91 Å². The van der Waals surface area contributed by atoms with Gasteiger partial charge in [0.15, 0.2) is 0 Å². The third-order valence-corrected chi connectivity index (χ3v) is 3.92. The number of ether oxygens (including phenoxy) is 1. The predicted octanol–water partition coefficient (Wildman–Crippen LogP) is 2.07. The molecule has 6 heteroatoms. The Balaban J connectivity index is 1.97. The lowest BCUT2D eigenvalue weighted by Gasteiger charge is -2.16. The number of hydrogen-bond acceptors (Lipinski definition) is 3. The van der Waals surface area contributed by atoms with E-state index < -0.39 is 23.6 Å². The molecule has 1 aromatic carbocycles. The topological polar surface area (TPSA) is 75.6 Å². The van der Waals surface area contributed by atoms with Crippen molar-refractivity contribution >= 4 is 11.9 Å². The Hall–Kier alpha value is -2.11. The van der Waals surface area contributed by atoms with Crippen LogP contribution in [0, 0.1) is 17.7 Å². The van der Waals surface area contributed by atoms with Gasteiger partial charge in [-0.1, -0.05) is 6.42 Å². The number of carboxylic acids is 1. The number of carbonyl (C=O) groups excluding carboxylic acids is 1. The predicted molar refractivity (Wildman–Crippen MR) is 73.8 cm³/mol. The number of carboxylic acid groups (broad SMARTS) is 1. The van der Waals surface area contributed by atoms with E-state index in [0.29, 0.717) is 12.2 Å². The van der Waals surface area contributed by atoms with Crippen molar-refractivity contribution in [1.29, 1.82) is 0 Å². The van der Waals surface area contributed by atoms with Crippen molar-refractivity contribution in [3.8, 4) is 5.75 Å². The zero-order chi connectivity index (χ0) is 15.4. The number of nitrogens with one attached hydrogen (secondary N) is 1. The van der Waals surface area contributed by atoms with Crippen LogP contribution in [0.3, 0.4) is 0 Å². The number of hydrogen-bond donors (Lipinski definition) is 2. The third kappa shape index (κ3) is 3.51. The zero-order valence-electron chi connectivity index (χ0n) is 11.8. The smallest absolute Gasteiger partial charge is 0.306 e. The van der Waals surface area contributed by atoms with Gasteiger partial charge in [-0.25, -0.2) is 4.39 Å². The van der Waals surface area contributed by atoms with Gasteiger partial charge in [0, 0.05) is 12.6 Å². The van der Waals surface area contributed by atoms with Crippen LogP contribution in [0.4, 0.5) is 4.39 Å². The molecule has 2 atom stereocenters. The highest BCUT2D eigenvalue weighted by Gasteiger charge is 2.33. The minimum absolute atomic E-state index is 0.0688. The molecule has 2 unspecified atom stereocenters. The Morgan fingerprint density at radius 1 is 1.43 bits per heavy atom. The molecular weight excluding hydrogens is 277 g/mol. The molecule has 1 aromatic rings. The lowest BCUT2D eigenvalue weighted by atomic mass is 9.96. The van der Waals surface area contributed by atoms with Crippen molar-refractivity contribution in [2.75, 3.05) is 13.7 Å². The van der Waals surface area contributed by atoms with E-state index in [-0.39, 0.29) is 18.0 Å². The summed E-state index contributed by atoms with van der Waals surface area (Å²) in [7, 11) is 1.42. The summed E-state index contributed by atoms with van der Waals surface area (Å²) in [5, 5.41) is 11.7. The van der Waals surface area contributed by atoms with E-state index in [1.807, 2.05) is 0 Å². The van der Waals surface area contributed by atoms with Crippen molar-refractivity contribution in [2.45, 2.75) is 19.3 Å². The van der Waals surface area contributed by atoms with Crippen molar-refractivity contribution in [3.05, 3.63) is 29.6 Å². The van der Waals surface area contributed by atoms with Gasteiger partial charge >= 0.3 is 5.97 Å². The largest absolute Gasteiger partial charge is 0.497 e. The van der Waals surface area contributed by atoms with Crippen LogP contribution in [0.2, 0.25) is 0 Å². The van der Waals surface area contributed by atoms with E-state index in [9.17, 15) is 14.0 Å². The second kappa shape index (κ2) is 6.56. The molecule has 0 saturated heterocycles. The van der Waals surface area contributed by atoms with Gasteiger partial charge in [0.2, 0.25) is 0 Å². The van der Waals surface area contributed by atoms with Crippen LogP contribution in [0.1, 0.15) is 29.6 Å². The molecule has 1 amide bonds. The summed E-state index contributed by atoms with van der Waals surface area (Å²) < 4.78 is 18.6. The normalized spacial score (nSPS) is 21.0. The Kier molecular flexibility index (Phi) is 4.77. The summed E-state index contributed by atoms with van der Waals surface area (Å²) in [6, 6.07) is 4.00. The molecule has 0 radical (unpaired) electrons. The summed E-state index contributed by atoms with van der Waals surface area (Å²) >= 11 is 0. The molecule has 2 rings (SSSR count). The summed E-state index contributed by atoms with van der Waals surface area (Å²) in [5.74, 6) is -2.20. The van der Waals surface area contributed by atoms with E-state index in [1.54, 1.807) is 0 Å². The maximum absolute atomic E-state index is 13.8. The minimum Gasteiger partial charge on any atom is -0.497 e. The SMILES string of the molecule is COc1ccc(C(=O)NCC2CCCC2C(=O)O)c(F)c1. The highest BCUT2D eigenvalue weighted by molar-refractivity contribution is 5.94. The van der Waals surface area contributed by atoms with Crippen molar-refractivity contribution in [2.24, 2.45) is 11.8 Å². The summed E-state index contributed by atoms with van der Waals surface area (Å²) in [6.07, 6.45) is 2.24. The van der Waals surface area contributed by atoms with Gasteiger partial charge in [0.1, 0.15) is 11.6 Å². The van der Waals surface area contributed by atoms with Gasteiger partial charge in [0.05, 0.1) is 18.6 Å². The van der Waals surface area contributed by atoms with E-state index in [0.717, 1.165) is 18.9 Å². The second-order valence-electron chi connectivity index (χ2n) is 5.19. The summed E-state index contributed by atoms with van der Waals surface area (Å²) in [6.45, 7) is 0.251. The minimum atomic E-state index is -0.831. The highest BCUT2D eigenvalue weighted by Crippen LogP contribution is 2.31. The van der Waals surface area contributed by atoms with Crippen molar-refractivity contribution in [1.82, 2.24) is 5.32 Å². The lowest BCUT2D eigenvalue weighted by Crippen LogP contribution is -2.33. The van der Waals surface area contributed by atoms with Crippen LogP contribution in [-0.4, -0.2) is 30.6 Å². The number of methoxy groups -OCH3 is 1. The monoisotopic (exact) mass is 295 g/mol. The van der Waals surface area contributed by atoms with Crippen LogP contribution in [0.15, 0.2) is 18.2 Å². The molecule has 2 N–H and O–H groups in total.